The highest BCUT2D eigenvalue weighted by atomic mass is 16.5. The molecule has 3 aromatic carbocycles. The van der Waals surface area contributed by atoms with Crippen molar-refractivity contribution in [3.05, 3.63) is 99.1 Å². The van der Waals surface area contributed by atoms with E-state index in [1.807, 2.05) is 70.2 Å². The zero-order valence-corrected chi connectivity index (χ0v) is 19.7. The van der Waals surface area contributed by atoms with Crippen LogP contribution in [-0.2, 0) is 11.4 Å². The Hall–Kier alpha value is -4.13. The summed E-state index contributed by atoms with van der Waals surface area (Å²) in [5.41, 5.74) is 6.60. The number of nitrogens with one attached hydrogen (secondary N) is 1. The van der Waals surface area contributed by atoms with Gasteiger partial charge in [-0.2, -0.15) is 4.68 Å². The molecule has 1 aromatic heterocycles. The van der Waals surface area contributed by atoms with E-state index in [0.717, 1.165) is 32.7 Å². The second kappa shape index (κ2) is 9.79. The molecule has 0 atom stereocenters. The third-order valence-corrected chi connectivity index (χ3v) is 5.59. The van der Waals surface area contributed by atoms with Crippen LogP contribution >= 0.6 is 0 Å². The number of para-hydroxylation sites is 3. The number of benzene rings is 3. The van der Waals surface area contributed by atoms with Gasteiger partial charge in [-0.1, -0.05) is 48.5 Å². The van der Waals surface area contributed by atoms with E-state index in [2.05, 4.69) is 10.4 Å². The Bertz CT molecular complexity index is 1390. The fraction of sp³-hybridized carbons (Fsp3) is 0.222. The molecule has 1 amide bonds. The largest absolute Gasteiger partial charge is 0.485 e. The minimum absolute atomic E-state index is 0.00378. The molecule has 4 rings (SSSR count). The quantitative estimate of drug-likeness (QED) is 0.446. The van der Waals surface area contributed by atoms with E-state index in [4.69, 9.17) is 9.47 Å². The lowest BCUT2D eigenvalue weighted by Gasteiger charge is -2.17. The molecule has 7 heteroatoms. The SMILES string of the molecule is Cc1cccc(C)c1OCC(=O)Nn1c(COc2c(C)cccc2C)nc2ccccc2c1=O. The number of amides is 1. The van der Waals surface area contributed by atoms with Gasteiger partial charge < -0.3 is 9.47 Å². The van der Waals surface area contributed by atoms with E-state index in [1.165, 1.54) is 0 Å². The monoisotopic (exact) mass is 457 g/mol. The lowest BCUT2D eigenvalue weighted by Crippen LogP contribution is -2.39. The maximum absolute atomic E-state index is 13.2. The topological polar surface area (TPSA) is 82.4 Å². The first-order valence-electron chi connectivity index (χ1n) is 11.0. The Morgan fingerprint density at radius 2 is 1.38 bits per heavy atom. The van der Waals surface area contributed by atoms with Crippen molar-refractivity contribution >= 4 is 16.8 Å². The smallest absolute Gasteiger partial charge is 0.280 e. The summed E-state index contributed by atoms with van der Waals surface area (Å²) in [5, 5.41) is 0.397. The summed E-state index contributed by atoms with van der Waals surface area (Å²) in [6, 6.07) is 18.6. The highest BCUT2D eigenvalue weighted by Crippen LogP contribution is 2.24. The fourth-order valence-electron chi connectivity index (χ4n) is 3.88. The average Bonchev–Trinajstić information content (AvgIpc) is 2.81. The van der Waals surface area contributed by atoms with Gasteiger partial charge in [-0.05, 0) is 62.1 Å². The highest BCUT2D eigenvalue weighted by Gasteiger charge is 2.16. The second-order valence-corrected chi connectivity index (χ2v) is 8.24. The molecule has 0 unspecified atom stereocenters. The van der Waals surface area contributed by atoms with Crippen LogP contribution in [0.1, 0.15) is 28.1 Å². The molecule has 1 heterocycles. The van der Waals surface area contributed by atoms with Crippen LogP contribution in [0.4, 0.5) is 0 Å². The maximum Gasteiger partial charge on any atom is 0.280 e. The van der Waals surface area contributed by atoms with Crippen LogP contribution in [0, 0.1) is 27.7 Å². The van der Waals surface area contributed by atoms with Gasteiger partial charge in [-0.15, -0.1) is 0 Å². The van der Waals surface area contributed by atoms with Crippen molar-refractivity contribution < 1.29 is 14.3 Å². The molecule has 0 saturated carbocycles. The molecule has 0 aliphatic carbocycles. The minimum Gasteiger partial charge on any atom is -0.485 e. The molecule has 0 saturated heterocycles. The average molecular weight is 458 g/mol. The summed E-state index contributed by atoms with van der Waals surface area (Å²) in [7, 11) is 0. The van der Waals surface area contributed by atoms with E-state index >= 15 is 0 Å². The van der Waals surface area contributed by atoms with E-state index in [9.17, 15) is 9.59 Å². The number of hydrogen-bond acceptors (Lipinski definition) is 5. The van der Waals surface area contributed by atoms with Crippen LogP contribution in [0.3, 0.4) is 0 Å². The molecule has 0 aliphatic rings. The second-order valence-electron chi connectivity index (χ2n) is 8.24. The Balaban J connectivity index is 1.62. The van der Waals surface area contributed by atoms with Crippen molar-refractivity contribution in [2.75, 3.05) is 12.0 Å². The Kier molecular flexibility index (Phi) is 6.63. The third-order valence-electron chi connectivity index (χ3n) is 5.59. The molecule has 0 fully saturated rings. The van der Waals surface area contributed by atoms with Gasteiger partial charge in [0.25, 0.3) is 11.5 Å². The van der Waals surface area contributed by atoms with Crippen LogP contribution in [0.15, 0.2) is 65.5 Å². The van der Waals surface area contributed by atoms with Gasteiger partial charge in [0, 0.05) is 0 Å². The molecule has 0 aliphatic heterocycles. The van der Waals surface area contributed by atoms with Gasteiger partial charge in [0.15, 0.2) is 12.4 Å². The van der Waals surface area contributed by atoms with Gasteiger partial charge in [-0.25, -0.2) is 4.98 Å². The maximum atomic E-state index is 13.2. The molecule has 34 heavy (non-hydrogen) atoms. The lowest BCUT2D eigenvalue weighted by atomic mass is 10.1. The van der Waals surface area contributed by atoms with Crippen LogP contribution in [-0.4, -0.2) is 22.2 Å². The van der Waals surface area contributed by atoms with Gasteiger partial charge >= 0.3 is 0 Å². The summed E-state index contributed by atoms with van der Waals surface area (Å²) >= 11 is 0. The van der Waals surface area contributed by atoms with Crippen LogP contribution < -0.4 is 20.5 Å². The van der Waals surface area contributed by atoms with Crippen LogP contribution in [0.25, 0.3) is 10.9 Å². The zero-order valence-electron chi connectivity index (χ0n) is 19.7. The number of aryl methyl sites for hydroxylation is 4. The number of carbonyl (C=O) groups excluding carboxylic acids is 1. The Morgan fingerprint density at radius 1 is 0.824 bits per heavy atom. The number of ether oxygens (including phenoxy) is 2. The summed E-state index contributed by atoms with van der Waals surface area (Å²) in [4.78, 5) is 30.6. The summed E-state index contributed by atoms with van der Waals surface area (Å²) in [6.07, 6.45) is 0. The summed E-state index contributed by atoms with van der Waals surface area (Å²) in [6.45, 7) is 7.50. The van der Waals surface area contributed by atoms with Gasteiger partial charge in [-0.3, -0.25) is 15.0 Å². The molecule has 1 N–H and O–H groups in total. The van der Waals surface area contributed by atoms with Crippen molar-refractivity contribution in [3.63, 3.8) is 0 Å². The van der Waals surface area contributed by atoms with Gasteiger partial charge in [0.2, 0.25) is 0 Å². The van der Waals surface area contributed by atoms with E-state index < -0.39 is 5.91 Å². The van der Waals surface area contributed by atoms with E-state index in [0.29, 0.717) is 16.7 Å². The zero-order chi connectivity index (χ0) is 24.2. The van der Waals surface area contributed by atoms with E-state index in [-0.39, 0.29) is 24.6 Å². The highest BCUT2D eigenvalue weighted by molar-refractivity contribution is 5.86. The molecule has 7 nitrogen and oxygen atoms in total. The number of nitrogens with zero attached hydrogens (tertiary/aromatic N) is 2. The minimum atomic E-state index is -0.477. The third kappa shape index (κ3) is 4.78. The number of rotatable bonds is 7. The Labute approximate surface area is 198 Å². The summed E-state index contributed by atoms with van der Waals surface area (Å²) < 4.78 is 12.9. The first-order valence-corrected chi connectivity index (χ1v) is 11.0. The van der Waals surface area contributed by atoms with E-state index in [1.54, 1.807) is 18.2 Å². The van der Waals surface area contributed by atoms with Crippen LogP contribution in [0.2, 0.25) is 0 Å². The molecule has 0 spiro atoms. The molecule has 0 bridgehead atoms. The van der Waals surface area contributed by atoms with Crippen molar-refractivity contribution in [3.8, 4) is 11.5 Å². The number of fused-ring (bicyclic) bond motifs is 1. The van der Waals surface area contributed by atoms with Crippen molar-refractivity contribution in [2.24, 2.45) is 0 Å². The molecule has 4 aromatic rings. The number of carbonyl (C=O) groups is 1. The first kappa shape index (κ1) is 23.0. The standard InChI is InChI=1S/C27H27N3O4/c1-17-9-7-10-18(2)25(17)33-15-23-28-22-14-6-5-13-21(22)27(32)30(23)29-24(31)16-34-26-19(3)11-8-12-20(26)4/h5-14H,15-16H2,1-4H3,(H,29,31). The predicted octanol–water partition coefficient (Wildman–Crippen LogP) is 4.36. The normalized spacial score (nSPS) is 10.8. The first-order chi connectivity index (χ1) is 16.3. The van der Waals surface area contributed by atoms with Crippen molar-refractivity contribution in [1.29, 1.82) is 0 Å². The molecule has 174 valence electrons. The van der Waals surface area contributed by atoms with Gasteiger partial charge in [0.05, 0.1) is 10.9 Å². The molecular formula is C27H27N3O4. The number of hydrogen-bond donors (Lipinski definition) is 1. The molecule has 0 radical (unpaired) electrons. The molecular weight excluding hydrogens is 430 g/mol. The predicted molar refractivity (Wildman–Crippen MR) is 132 cm³/mol. The van der Waals surface area contributed by atoms with Crippen molar-refractivity contribution in [2.45, 2.75) is 34.3 Å². The summed E-state index contributed by atoms with van der Waals surface area (Å²) in [5.74, 6) is 1.18. The van der Waals surface area contributed by atoms with Gasteiger partial charge in [0.1, 0.15) is 18.1 Å². The lowest BCUT2D eigenvalue weighted by molar-refractivity contribution is -0.119. The Morgan fingerprint density at radius 3 is 2.00 bits per heavy atom. The number of aromatic nitrogens is 2. The van der Waals surface area contributed by atoms with Crippen molar-refractivity contribution in [1.82, 2.24) is 9.66 Å². The fourth-order valence-corrected chi connectivity index (χ4v) is 3.88. The van der Waals surface area contributed by atoms with Crippen LogP contribution in [0.5, 0.6) is 11.5 Å².